The van der Waals surface area contributed by atoms with Crippen LogP contribution in [-0.4, -0.2) is 22.7 Å². The van der Waals surface area contributed by atoms with Crippen molar-refractivity contribution in [1.82, 2.24) is 0 Å². The van der Waals surface area contributed by atoms with Gasteiger partial charge in [0.1, 0.15) is 0 Å². The van der Waals surface area contributed by atoms with Crippen molar-refractivity contribution in [2.75, 3.05) is 0 Å². The van der Waals surface area contributed by atoms with E-state index in [1.807, 2.05) is 6.92 Å². The van der Waals surface area contributed by atoms with Crippen molar-refractivity contribution >= 4 is 6.21 Å². The van der Waals surface area contributed by atoms with Crippen LogP contribution < -0.4 is 0 Å². The Hall–Kier alpha value is -1.19. The summed E-state index contributed by atoms with van der Waals surface area (Å²) in [4.78, 5) is 14.0. The maximum Gasteiger partial charge on any atom is 0.272 e. The number of nitro groups is 1. The van der Waals surface area contributed by atoms with Gasteiger partial charge < -0.3 is 0 Å². The predicted molar refractivity (Wildman–Crippen MR) is 42.5 cm³/mol. The van der Waals surface area contributed by atoms with Gasteiger partial charge in [-0.1, -0.05) is 6.08 Å². The van der Waals surface area contributed by atoms with E-state index in [-0.39, 0.29) is 11.0 Å². The largest absolute Gasteiger partial charge is 0.283 e. The molecule has 0 bridgehead atoms. The van der Waals surface area contributed by atoms with Crippen LogP contribution in [0.4, 0.5) is 0 Å². The Labute approximate surface area is 64.8 Å². The molecule has 0 aliphatic carbocycles. The Morgan fingerprint density at radius 2 is 2.36 bits per heavy atom. The lowest BCUT2D eigenvalue weighted by Crippen LogP contribution is -2.36. The van der Waals surface area contributed by atoms with Crippen molar-refractivity contribution in [2.24, 2.45) is 4.99 Å². The summed E-state index contributed by atoms with van der Waals surface area (Å²) in [6, 6.07) is 0.0722. The van der Waals surface area contributed by atoms with E-state index < -0.39 is 5.54 Å². The van der Waals surface area contributed by atoms with E-state index in [4.69, 9.17) is 0 Å². The molecular formula is C7H10N2O2. The first kappa shape index (κ1) is 7.91. The fourth-order valence-corrected chi connectivity index (χ4v) is 0.803. The highest BCUT2D eigenvalue weighted by Gasteiger charge is 2.33. The first-order chi connectivity index (χ1) is 5.04. The van der Waals surface area contributed by atoms with E-state index >= 15 is 0 Å². The number of nitrogens with zero attached hydrogens (tertiary/aromatic N) is 2. The van der Waals surface area contributed by atoms with Crippen LogP contribution in [0.1, 0.15) is 13.8 Å². The van der Waals surface area contributed by atoms with Crippen LogP contribution in [0.25, 0.3) is 0 Å². The molecule has 60 valence electrons. The van der Waals surface area contributed by atoms with Gasteiger partial charge in [0.05, 0.1) is 12.3 Å². The molecule has 2 unspecified atom stereocenters. The van der Waals surface area contributed by atoms with Crippen molar-refractivity contribution < 1.29 is 4.92 Å². The molecular weight excluding hydrogens is 144 g/mol. The fraction of sp³-hybridized carbons (Fsp3) is 0.571. The first-order valence-electron chi connectivity index (χ1n) is 3.43. The van der Waals surface area contributed by atoms with Gasteiger partial charge in [-0.15, -0.1) is 0 Å². The minimum atomic E-state index is -1.09. The maximum absolute atomic E-state index is 10.4. The number of aliphatic imine (C=N–C) groups is 1. The normalized spacial score (nSPS) is 35.6. The smallest absolute Gasteiger partial charge is 0.272 e. The molecule has 0 saturated carbocycles. The zero-order chi connectivity index (χ0) is 8.48. The topological polar surface area (TPSA) is 55.5 Å². The summed E-state index contributed by atoms with van der Waals surface area (Å²) in [6.07, 6.45) is 4.70. The molecule has 11 heavy (non-hydrogen) atoms. The molecule has 2 atom stereocenters. The molecule has 0 saturated heterocycles. The van der Waals surface area contributed by atoms with Crippen LogP contribution in [0, 0.1) is 10.1 Å². The molecule has 1 heterocycles. The molecule has 4 nitrogen and oxygen atoms in total. The summed E-state index contributed by atoms with van der Waals surface area (Å²) in [6.45, 7) is 3.41. The van der Waals surface area contributed by atoms with Gasteiger partial charge in [-0.3, -0.25) is 15.1 Å². The van der Waals surface area contributed by atoms with Gasteiger partial charge in [-0.05, 0) is 13.0 Å². The molecule has 0 radical (unpaired) electrons. The average Bonchev–Trinajstić information content (AvgIpc) is 1.95. The molecule has 4 heteroatoms. The second kappa shape index (κ2) is 2.45. The number of rotatable bonds is 1. The van der Waals surface area contributed by atoms with E-state index in [0.29, 0.717) is 0 Å². The Morgan fingerprint density at radius 3 is 2.73 bits per heavy atom. The quantitative estimate of drug-likeness (QED) is 0.322. The van der Waals surface area contributed by atoms with Crippen LogP contribution in [0.5, 0.6) is 0 Å². The minimum Gasteiger partial charge on any atom is -0.283 e. The predicted octanol–water partition coefficient (Wildman–Crippen LogP) is 1.05. The van der Waals surface area contributed by atoms with Gasteiger partial charge in [0.15, 0.2) is 0 Å². The summed E-state index contributed by atoms with van der Waals surface area (Å²) in [5.41, 5.74) is -1.09. The second-order valence-electron chi connectivity index (χ2n) is 2.86. The highest BCUT2D eigenvalue weighted by molar-refractivity contribution is 5.72. The van der Waals surface area contributed by atoms with Crippen molar-refractivity contribution in [2.45, 2.75) is 25.4 Å². The summed E-state index contributed by atoms with van der Waals surface area (Å²) in [7, 11) is 0. The average molecular weight is 154 g/mol. The van der Waals surface area contributed by atoms with Gasteiger partial charge in [0.25, 0.3) is 5.54 Å². The van der Waals surface area contributed by atoms with E-state index in [9.17, 15) is 10.1 Å². The standard InChI is InChI=1S/C7H10N2O2/c1-6-3-4-7(2,5-8-6)9(10)11/h3-6H,1-2H3. The Bertz CT molecular complexity index is 219. The van der Waals surface area contributed by atoms with Gasteiger partial charge in [-0.2, -0.15) is 0 Å². The first-order valence-corrected chi connectivity index (χ1v) is 3.43. The molecule has 1 rings (SSSR count). The summed E-state index contributed by atoms with van der Waals surface area (Å²) in [5.74, 6) is 0. The summed E-state index contributed by atoms with van der Waals surface area (Å²) < 4.78 is 0. The lowest BCUT2D eigenvalue weighted by Gasteiger charge is -2.15. The lowest BCUT2D eigenvalue weighted by molar-refractivity contribution is -0.527. The minimum absolute atomic E-state index is 0.0722. The molecule has 1 aliphatic heterocycles. The molecule has 0 N–H and O–H groups in total. The molecule has 0 aromatic rings. The summed E-state index contributed by atoms with van der Waals surface area (Å²) >= 11 is 0. The Balaban J connectivity index is 2.85. The van der Waals surface area contributed by atoms with Crippen LogP contribution in [-0.2, 0) is 0 Å². The van der Waals surface area contributed by atoms with Gasteiger partial charge in [0, 0.05) is 11.8 Å². The third kappa shape index (κ3) is 1.45. The zero-order valence-corrected chi connectivity index (χ0v) is 6.52. The highest BCUT2D eigenvalue weighted by atomic mass is 16.6. The molecule has 0 aromatic carbocycles. The molecule has 0 aromatic heterocycles. The van der Waals surface area contributed by atoms with Gasteiger partial charge in [-0.25, -0.2) is 0 Å². The monoisotopic (exact) mass is 154 g/mol. The van der Waals surface area contributed by atoms with E-state index in [2.05, 4.69) is 4.99 Å². The number of hydrogen-bond donors (Lipinski definition) is 0. The van der Waals surface area contributed by atoms with E-state index in [0.717, 1.165) is 0 Å². The van der Waals surface area contributed by atoms with Crippen molar-refractivity contribution in [1.29, 1.82) is 0 Å². The Morgan fingerprint density at radius 1 is 1.73 bits per heavy atom. The van der Waals surface area contributed by atoms with Gasteiger partial charge >= 0.3 is 0 Å². The van der Waals surface area contributed by atoms with Crippen LogP contribution in [0.15, 0.2) is 17.1 Å². The number of hydrogen-bond acceptors (Lipinski definition) is 3. The van der Waals surface area contributed by atoms with Crippen molar-refractivity contribution in [3.63, 3.8) is 0 Å². The SMILES string of the molecule is CC1C=CC(C)([N+](=O)[O-])C=N1. The molecule has 0 spiro atoms. The second-order valence-corrected chi connectivity index (χ2v) is 2.86. The lowest BCUT2D eigenvalue weighted by atomic mass is 10.0. The van der Waals surface area contributed by atoms with E-state index in [1.54, 1.807) is 12.2 Å². The molecule has 1 aliphatic rings. The molecule has 0 fully saturated rings. The number of dihydropyridines is 1. The highest BCUT2D eigenvalue weighted by Crippen LogP contribution is 2.13. The summed E-state index contributed by atoms with van der Waals surface area (Å²) in [5, 5.41) is 10.4. The van der Waals surface area contributed by atoms with Crippen molar-refractivity contribution in [3.8, 4) is 0 Å². The third-order valence-electron chi connectivity index (χ3n) is 1.68. The van der Waals surface area contributed by atoms with Crippen LogP contribution in [0.3, 0.4) is 0 Å². The van der Waals surface area contributed by atoms with Crippen molar-refractivity contribution in [3.05, 3.63) is 22.3 Å². The Kier molecular flexibility index (Phi) is 1.76. The third-order valence-corrected chi connectivity index (χ3v) is 1.68. The van der Waals surface area contributed by atoms with Crippen LogP contribution in [0.2, 0.25) is 0 Å². The zero-order valence-electron chi connectivity index (χ0n) is 6.52. The fourth-order valence-electron chi connectivity index (χ4n) is 0.803. The van der Waals surface area contributed by atoms with E-state index in [1.165, 1.54) is 13.1 Å². The molecule has 0 amide bonds. The maximum atomic E-state index is 10.4. The van der Waals surface area contributed by atoms with Crippen LogP contribution >= 0.6 is 0 Å². The van der Waals surface area contributed by atoms with Gasteiger partial charge in [0.2, 0.25) is 0 Å².